The number of amides is 1. The van der Waals surface area contributed by atoms with Gasteiger partial charge < -0.3 is 16.2 Å². The van der Waals surface area contributed by atoms with Gasteiger partial charge in [-0.15, -0.1) is 0 Å². The number of nitrogens with zero attached hydrogens (tertiary/aromatic N) is 1. The Bertz CT molecular complexity index is 491. The largest absolute Gasteiger partial charge is 0.399 e. The van der Waals surface area contributed by atoms with Crippen LogP contribution in [0.1, 0.15) is 19.8 Å². The maximum atomic E-state index is 13.6. The van der Waals surface area contributed by atoms with E-state index in [9.17, 15) is 9.18 Å². The number of hydrogen-bond donors (Lipinski definition) is 3. The van der Waals surface area contributed by atoms with Crippen molar-refractivity contribution in [3.05, 3.63) is 24.0 Å². The zero-order chi connectivity index (χ0) is 14.7. The second kappa shape index (κ2) is 6.19. The molecule has 1 aliphatic carbocycles. The fourth-order valence-corrected chi connectivity index (χ4v) is 2.24. The highest BCUT2D eigenvalue weighted by Crippen LogP contribution is 2.28. The van der Waals surface area contributed by atoms with Crippen LogP contribution in [0.15, 0.2) is 18.2 Å². The van der Waals surface area contributed by atoms with Gasteiger partial charge in [0, 0.05) is 18.3 Å². The summed E-state index contributed by atoms with van der Waals surface area (Å²) in [6, 6.07) is 3.98. The number of nitrogens with two attached hydrogens (primary N) is 1. The van der Waals surface area contributed by atoms with Gasteiger partial charge in [-0.05, 0) is 38.0 Å². The first-order valence-corrected chi connectivity index (χ1v) is 6.75. The number of halogens is 1. The highest BCUT2D eigenvalue weighted by Gasteiger charge is 2.34. The molecule has 20 heavy (non-hydrogen) atoms. The molecule has 0 radical (unpaired) electrons. The van der Waals surface area contributed by atoms with E-state index in [1.54, 1.807) is 6.92 Å². The quantitative estimate of drug-likeness (QED) is 0.684. The number of carbonyl (C=O) groups is 1. The summed E-state index contributed by atoms with van der Waals surface area (Å²) in [5.41, 5.74) is 6.06. The van der Waals surface area contributed by atoms with Gasteiger partial charge in [0.1, 0.15) is 5.82 Å². The lowest BCUT2D eigenvalue weighted by Crippen LogP contribution is -2.44. The van der Waals surface area contributed by atoms with Crippen LogP contribution in [0.3, 0.4) is 0 Å². The van der Waals surface area contributed by atoms with Gasteiger partial charge in [-0.3, -0.25) is 9.69 Å². The number of rotatable bonds is 6. The third-order valence-electron chi connectivity index (χ3n) is 3.50. The Hall–Kier alpha value is -1.66. The molecule has 5 nitrogen and oxygen atoms in total. The number of hydrogen-bond acceptors (Lipinski definition) is 4. The van der Waals surface area contributed by atoms with Gasteiger partial charge in [0.15, 0.2) is 0 Å². The van der Waals surface area contributed by atoms with Gasteiger partial charge in [-0.1, -0.05) is 0 Å². The molecule has 0 bridgehead atoms. The van der Waals surface area contributed by atoms with Crippen molar-refractivity contribution in [1.29, 1.82) is 0 Å². The zero-order valence-corrected chi connectivity index (χ0v) is 11.5. The summed E-state index contributed by atoms with van der Waals surface area (Å²) in [6.45, 7) is 2.20. The van der Waals surface area contributed by atoms with Crippen LogP contribution >= 0.6 is 0 Å². The summed E-state index contributed by atoms with van der Waals surface area (Å²) >= 11 is 0. The Morgan fingerprint density at radius 1 is 1.60 bits per heavy atom. The van der Waals surface area contributed by atoms with E-state index in [2.05, 4.69) is 5.32 Å². The predicted molar refractivity (Wildman–Crippen MR) is 75.7 cm³/mol. The van der Waals surface area contributed by atoms with E-state index < -0.39 is 11.9 Å². The fraction of sp³-hybridized carbons (Fsp3) is 0.500. The lowest BCUT2D eigenvalue weighted by Gasteiger charge is -2.27. The van der Waals surface area contributed by atoms with Crippen molar-refractivity contribution in [3.8, 4) is 0 Å². The van der Waals surface area contributed by atoms with E-state index in [0.29, 0.717) is 18.3 Å². The van der Waals surface area contributed by atoms with Crippen LogP contribution in [-0.2, 0) is 4.79 Å². The summed E-state index contributed by atoms with van der Waals surface area (Å²) in [4.78, 5) is 14.1. The van der Waals surface area contributed by atoms with Crippen LogP contribution in [0.4, 0.5) is 15.8 Å². The monoisotopic (exact) mass is 281 g/mol. The first-order valence-electron chi connectivity index (χ1n) is 6.75. The summed E-state index contributed by atoms with van der Waals surface area (Å²) in [5.74, 6) is -0.810. The van der Waals surface area contributed by atoms with Crippen LogP contribution in [0.5, 0.6) is 0 Å². The van der Waals surface area contributed by atoms with Gasteiger partial charge >= 0.3 is 0 Å². The number of anilines is 2. The van der Waals surface area contributed by atoms with Crippen molar-refractivity contribution < 1.29 is 14.3 Å². The summed E-state index contributed by atoms with van der Waals surface area (Å²) in [6.07, 6.45) is 2.06. The molecule has 2 rings (SSSR count). The Morgan fingerprint density at radius 3 is 2.90 bits per heavy atom. The minimum Gasteiger partial charge on any atom is -0.399 e. The lowest BCUT2D eigenvalue weighted by atomic mass is 10.2. The second-order valence-corrected chi connectivity index (χ2v) is 5.10. The molecule has 1 aliphatic rings. The topological polar surface area (TPSA) is 78.6 Å². The predicted octanol–water partition coefficient (Wildman–Crippen LogP) is 1.19. The molecule has 1 atom stereocenters. The molecule has 0 spiro atoms. The third kappa shape index (κ3) is 3.46. The van der Waals surface area contributed by atoms with E-state index in [0.717, 1.165) is 12.8 Å². The maximum Gasteiger partial charge on any atom is 0.241 e. The van der Waals surface area contributed by atoms with Crippen molar-refractivity contribution in [2.45, 2.75) is 31.8 Å². The molecular weight excluding hydrogens is 261 g/mol. The van der Waals surface area contributed by atoms with E-state index in [1.807, 2.05) is 4.90 Å². The Labute approximate surface area is 117 Å². The molecule has 4 N–H and O–H groups in total. The standard InChI is InChI=1S/C14H20FN3O2/c1-9(18(6-7-19)11-3-4-11)14(20)17-13-8-10(16)2-5-12(13)15/h2,5,8-9,11,19H,3-4,6-7,16H2,1H3,(H,17,20). The fourth-order valence-electron chi connectivity index (χ4n) is 2.24. The molecule has 0 saturated heterocycles. The third-order valence-corrected chi connectivity index (χ3v) is 3.50. The van der Waals surface area contributed by atoms with Gasteiger partial charge in [0.25, 0.3) is 0 Å². The molecule has 1 aromatic carbocycles. The normalized spacial score (nSPS) is 16.2. The van der Waals surface area contributed by atoms with Crippen LogP contribution in [0, 0.1) is 5.82 Å². The number of nitrogens with one attached hydrogen (secondary N) is 1. The van der Waals surface area contributed by atoms with Crippen LogP contribution in [0.25, 0.3) is 0 Å². The van der Waals surface area contributed by atoms with E-state index >= 15 is 0 Å². The Balaban J connectivity index is 2.04. The summed E-state index contributed by atoms with van der Waals surface area (Å²) in [5, 5.41) is 11.6. The molecule has 1 unspecified atom stereocenters. The van der Waals surface area contributed by atoms with Crippen molar-refractivity contribution >= 4 is 17.3 Å². The zero-order valence-electron chi connectivity index (χ0n) is 11.5. The average Bonchev–Trinajstić information content (AvgIpc) is 3.23. The Kier molecular flexibility index (Phi) is 4.57. The smallest absolute Gasteiger partial charge is 0.241 e. The van der Waals surface area contributed by atoms with E-state index in [4.69, 9.17) is 10.8 Å². The molecular formula is C14H20FN3O2. The van der Waals surface area contributed by atoms with Gasteiger partial charge in [-0.2, -0.15) is 0 Å². The molecule has 6 heteroatoms. The first kappa shape index (κ1) is 14.7. The van der Waals surface area contributed by atoms with Crippen molar-refractivity contribution in [3.63, 3.8) is 0 Å². The highest BCUT2D eigenvalue weighted by molar-refractivity contribution is 5.95. The highest BCUT2D eigenvalue weighted by atomic mass is 19.1. The van der Waals surface area contributed by atoms with Crippen LogP contribution in [0.2, 0.25) is 0 Å². The number of benzene rings is 1. The van der Waals surface area contributed by atoms with Crippen molar-refractivity contribution in [2.75, 3.05) is 24.2 Å². The molecule has 1 fully saturated rings. The van der Waals surface area contributed by atoms with E-state index in [-0.39, 0.29) is 18.2 Å². The molecule has 110 valence electrons. The number of nitrogen functional groups attached to an aromatic ring is 1. The van der Waals surface area contributed by atoms with Gasteiger partial charge in [0.05, 0.1) is 18.3 Å². The lowest BCUT2D eigenvalue weighted by molar-refractivity contribution is -0.121. The minimum absolute atomic E-state index is 0.000760. The molecule has 1 aromatic rings. The summed E-state index contributed by atoms with van der Waals surface area (Å²) < 4.78 is 13.6. The molecule has 1 saturated carbocycles. The minimum atomic E-state index is -0.514. The number of aliphatic hydroxyl groups excluding tert-OH is 1. The SMILES string of the molecule is CC(C(=O)Nc1cc(N)ccc1F)N(CCO)C1CC1. The molecule has 0 aromatic heterocycles. The van der Waals surface area contributed by atoms with Crippen LogP contribution < -0.4 is 11.1 Å². The van der Waals surface area contributed by atoms with Gasteiger partial charge in [0.2, 0.25) is 5.91 Å². The maximum absolute atomic E-state index is 13.6. The van der Waals surface area contributed by atoms with Crippen molar-refractivity contribution in [2.24, 2.45) is 0 Å². The Morgan fingerprint density at radius 2 is 2.30 bits per heavy atom. The van der Waals surface area contributed by atoms with E-state index in [1.165, 1.54) is 18.2 Å². The summed E-state index contributed by atoms with van der Waals surface area (Å²) in [7, 11) is 0. The number of carbonyl (C=O) groups excluding carboxylic acids is 1. The first-order chi connectivity index (χ1) is 9.52. The van der Waals surface area contributed by atoms with Gasteiger partial charge in [-0.25, -0.2) is 4.39 Å². The molecule has 0 aliphatic heterocycles. The molecule has 1 amide bonds. The molecule has 0 heterocycles. The van der Waals surface area contributed by atoms with Crippen LogP contribution in [-0.4, -0.2) is 41.1 Å². The number of aliphatic hydroxyl groups is 1. The average molecular weight is 281 g/mol. The second-order valence-electron chi connectivity index (χ2n) is 5.10. The van der Waals surface area contributed by atoms with Crippen molar-refractivity contribution in [1.82, 2.24) is 4.90 Å².